The van der Waals surface area contributed by atoms with E-state index in [1.165, 1.54) is 4.57 Å². The van der Waals surface area contributed by atoms with Gasteiger partial charge in [0, 0.05) is 12.2 Å². The maximum atomic E-state index is 13.6. The minimum absolute atomic E-state index is 0.221. The van der Waals surface area contributed by atoms with Crippen LogP contribution >= 0.6 is 0 Å². The average molecular weight is 494 g/mol. The van der Waals surface area contributed by atoms with E-state index < -0.39 is 23.7 Å². The average Bonchev–Trinajstić information content (AvgIpc) is 3.34. The molecule has 0 aliphatic carbocycles. The number of para-hydroxylation sites is 1. The van der Waals surface area contributed by atoms with E-state index in [2.05, 4.69) is 10.3 Å². The van der Waals surface area contributed by atoms with Gasteiger partial charge in [-0.05, 0) is 29.2 Å². The van der Waals surface area contributed by atoms with Crippen molar-refractivity contribution in [1.29, 1.82) is 0 Å². The smallest absolute Gasteiger partial charge is 0.324 e. The minimum atomic E-state index is -0.578. The van der Waals surface area contributed by atoms with Crippen molar-refractivity contribution >= 4 is 22.8 Å². The van der Waals surface area contributed by atoms with Crippen molar-refractivity contribution in [3.05, 3.63) is 129 Å². The van der Waals surface area contributed by atoms with Crippen LogP contribution in [0.3, 0.4) is 0 Å². The maximum absolute atomic E-state index is 13.6. The highest BCUT2D eigenvalue weighted by Gasteiger charge is 2.20. The Morgan fingerprint density at radius 1 is 0.811 bits per heavy atom. The van der Waals surface area contributed by atoms with Gasteiger partial charge in [-0.1, -0.05) is 85.8 Å². The molecule has 8 nitrogen and oxygen atoms in total. The van der Waals surface area contributed by atoms with Crippen LogP contribution in [0.25, 0.3) is 11.2 Å². The first-order valence-corrected chi connectivity index (χ1v) is 12.2. The number of carbonyl (C=O) groups excluding carboxylic acids is 1. The maximum Gasteiger partial charge on any atom is 0.333 e. The molecule has 5 aromatic rings. The van der Waals surface area contributed by atoms with E-state index in [4.69, 9.17) is 0 Å². The summed E-state index contributed by atoms with van der Waals surface area (Å²) in [6, 6.07) is 26.7. The monoisotopic (exact) mass is 493 g/mol. The summed E-state index contributed by atoms with van der Waals surface area (Å²) in [7, 11) is 0. The molecule has 0 spiro atoms. The molecule has 0 radical (unpaired) electrons. The fourth-order valence-corrected chi connectivity index (χ4v) is 4.47. The van der Waals surface area contributed by atoms with Crippen LogP contribution in [0.2, 0.25) is 0 Å². The zero-order chi connectivity index (χ0) is 25.8. The van der Waals surface area contributed by atoms with Gasteiger partial charge in [0.25, 0.3) is 5.56 Å². The van der Waals surface area contributed by atoms with Crippen molar-refractivity contribution in [3.8, 4) is 0 Å². The van der Waals surface area contributed by atoms with E-state index in [0.717, 1.165) is 27.7 Å². The number of nitrogens with zero attached hydrogens (tertiary/aromatic N) is 4. The van der Waals surface area contributed by atoms with Gasteiger partial charge < -0.3 is 9.88 Å². The third-order valence-corrected chi connectivity index (χ3v) is 6.34. The number of carbonyl (C=O) groups is 1. The Bertz CT molecular complexity index is 1670. The number of fused-ring (bicyclic) bond motifs is 1. The second kappa shape index (κ2) is 10.5. The highest BCUT2D eigenvalue weighted by atomic mass is 16.2. The van der Waals surface area contributed by atoms with Gasteiger partial charge in [0.2, 0.25) is 5.91 Å². The molecule has 0 saturated carbocycles. The summed E-state index contributed by atoms with van der Waals surface area (Å²) in [5.41, 5.74) is 2.97. The number of hydrogen-bond donors (Lipinski definition) is 1. The first kappa shape index (κ1) is 24.0. The summed E-state index contributed by atoms with van der Waals surface area (Å²) in [6.07, 6.45) is 2.31. The lowest BCUT2D eigenvalue weighted by atomic mass is 10.1. The molecule has 0 fully saturated rings. The minimum Gasteiger partial charge on any atom is -0.324 e. The second-order valence-electron chi connectivity index (χ2n) is 8.83. The molecule has 0 bridgehead atoms. The normalized spacial score (nSPS) is 11.1. The van der Waals surface area contributed by atoms with Gasteiger partial charge in [-0.15, -0.1) is 0 Å². The molecular formula is C29H27N5O3. The van der Waals surface area contributed by atoms with Gasteiger partial charge in [0.15, 0.2) is 11.2 Å². The SMILES string of the molecule is CCc1ccccc1NC(=O)Cn1c(=O)c2c(ncn2Cc2ccccc2)n(Cc2ccccc2)c1=O. The lowest BCUT2D eigenvalue weighted by Gasteiger charge is -2.14. The molecule has 1 N–H and O–H groups in total. The highest BCUT2D eigenvalue weighted by molar-refractivity contribution is 5.91. The Morgan fingerprint density at radius 2 is 1.43 bits per heavy atom. The molecule has 2 aromatic heterocycles. The molecule has 8 heteroatoms. The molecule has 2 heterocycles. The zero-order valence-electron chi connectivity index (χ0n) is 20.5. The number of aromatic nitrogens is 4. The van der Waals surface area contributed by atoms with Crippen molar-refractivity contribution in [2.24, 2.45) is 0 Å². The Kier molecular flexibility index (Phi) is 6.81. The zero-order valence-corrected chi connectivity index (χ0v) is 20.5. The standard InChI is InChI=1S/C29H27N5O3/c1-2-23-15-9-10-16-24(23)31-25(35)19-34-28(36)26-27(30-20-32(26)17-21-11-5-3-6-12-21)33(29(34)37)18-22-13-7-4-8-14-22/h3-16,20H,2,17-19H2,1H3,(H,31,35). The van der Waals surface area contributed by atoms with E-state index in [0.29, 0.717) is 17.9 Å². The number of hydrogen-bond acceptors (Lipinski definition) is 4. The molecule has 37 heavy (non-hydrogen) atoms. The van der Waals surface area contributed by atoms with Gasteiger partial charge in [-0.3, -0.25) is 14.2 Å². The Morgan fingerprint density at radius 3 is 2.11 bits per heavy atom. The number of benzene rings is 3. The van der Waals surface area contributed by atoms with Crippen molar-refractivity contribution in [3.63, 3.8) is 0 Å². The summed E-state index contributed by atoms with van der Waals surface area (Å²) < 4.78 is 4.19. The predicted octanol–water partition coefficient (Wildman–Crippen LogP) is 3.66. The molecule has 5 rings (SSSR count). The summed E-state index contributed by atoms with van der Waals surface area (Å²) in [5.74, 6) is -0.445. The van der Waals surface area contributed by atoms with Gasteiger partial charge in [0.1, 0.15) is 6.54 Å². The number of nitrogens with one attached hydrogen (secondary N) is 1. The van der Waals surface area contributed by atoms with Crippen molar-refractivity contribution in [2.75, 3.05) is 5.32 Å². The van der Waals surface area contributed by atoms with E-state index in [1.807, 2.05) is 91.9 Å². The molecule has 0 aliphatic rings. The van der Waals surface area contributed by atoms with Crippen LogP contribution < -0.4 is 16.6 Å². The van der Waals surface area contributed by atoms with Crippen molar-refractivity contribution in [1.82, 2.24) is 18.7 Å². The molecule has 1 amide bonds. The Balaban J connectivity index is 1.59. The molecule has 0 atom stereocenters. The third kappa shape index (κ3) is 4.99. The van der Waals surface area contributed by atoms with Crippen LogP contribution in [0.15, 0.2) is 101 Å². The largest absolute Gasteiger partial charge is 0.333 e. The van der Waals surface area contributed by atoms with Crippen LogP contribution in [0.5, 0.6) is 0 Å². The number of aryl methyl sites for hydroxylation is 1. The Hall–Kier alpha value is -4.72. The van der Waals surface area contributed by atoms with Gasteiger partial charge in [-0.25, -0.2) is 14.3 Å². The summed E-state index contributed by atoms with van der Waals surface area (Å²) in [5, 5.41) is 2.86. The highest BCUT2D eigenvalue weighted by Crippen LogP contribution is 2.16. The molecule has 0 aliphatic heterocycles. The second-order valence-corrected chi connectivity index (χ2v) is 8.83. The lowest BCUT2D eigenvalue weighted by molar-refractivity contribution is -0.116. The third-order valence-electron chi connectivity index (χ3n) is 6.34. The quantitative estimate of drug-likeness (QED) is 0.357. The van der Waals surface area contributed by atoms with E-state index >= 15 is 0 Å². The van der Waals surface area contributed by atoms with Crippen molar-refractivity contribution in [2.45, 2.75) is 33.0 Å². The number of anilines is 1. The fraction of sp³-hybridized carbons (Fsp3) is 0.172. The first-order valence-electron chi connectivity index (χ1n) is 12.2. The number of imidazole rings is 1. The van der Waals surface area contributed by atoms with E-state index in [-0.39, 0.29) is 12.1 Å². The van der Waals surface area contributed by atoms with Gasteiger partial charge in [0.05, 0.1) is 12.9 Å². The summed E-state index contributed by atoms with van der Waals surface area (Å²) in [6.45, 7) is 2.22. The fourth-order valence-electron chi connectivity index (χ4n) is 4.47. The van der Waals surface area contributed by atoms with Crippen LogP contribution in [-0.2, 0) is 30.8 Å². The van der Waals surface area contributed by atoms with Crippen LogP contribution in [-0.4, -0.2) is 24.6 Å². The van der Waals surface area contributed by atoms with Crippen LogP contribution in [0.4, 0.5) is 5.69 Å². The first-order chi connectivity index (χ1) is 18.0. The molecule has 186 valence electrons. The lowest BCUT2D eigenvalue weighted by Crippen LogP contribution is -2.43. The molecule has 0 saturated heterocycles. The molecular weight excluding hydrogens is 466 g/mol. The van der Waals surface area contributed by atoms with Gasteiger partial charge >= 0.3 is 5.69 Å². The number of rotatable bonds is 8. The van der Waals surface area contributed by atoms with Crippen LogP contribution in [0, 0.1) is 0 Å². The molecule has 3 aromatic carbocycles. The summed E-state index contributed by atoms with van der Waals surface area (Å²) in [4.78, 5) is 44.7. The van der Waals surface area contributed by atoms with Gasteiger partial charge in [-0.2, -0.15) is 0 Å². The van der Waals surface area contributed by atoms with E-state index in [1.54, 1.807) is 10.9 Å². The number of amides is 1. The van der Waals surface area contributed by atoms with E-state index in [9.17, 15) is 14.4 Å². The Labute approximate surface area is 213 Å². The molecule has 0 unspecified atom stereocenters. The summed E-state index contributed by atoms with van der Waals surface area (Å²) >= 11 is 0. The van der Waals surface area contributed by atoms with Crippen molar-refractivity contribution < 1.29 is 4.79 Å². The topological polar surface area (TPSA) is 90.9 Å². The predicted molar refractivity (Wildman–Crippen MR) is 144 cm³/mol. The van der Waals surface area contributed by atoms with Crippen LogP contribution in [0.1, 0.15) is 23.6 Å².